The second-order valence-corrected chi connectivity index (χ2v) is 6.31. The molecule has 1 aromatic heterocycles. The number of amidine groups is 1. The first kappa shape index (κ1) is 18.7. The summed E-state index contributed by atoms with van der Waals surface area (Å²) < 4.78 is 20.6. The lowest BCUT2D eigenvalue weighted by atomic mass is 9.97. The third-order valence-corrected chi connectivity index (χ3v) is 4.37. The summed E-state index contributed by atoms with van der Waals surface area (Å²) in [6, 6.07) is 14.0. The summed E-state index contributed by atoms with van der Waals surface area (Å²) in [5.41, 5.74) is 8.46. The maximum absolute atomic E-state index is 15.3. The number of rotatable bonds is 5. The van der Waals surface area contributed by atoms with Gasteiger partial charge in [0.2, 0.25) is 0 Å². The van der Waals surface area contributed by atoms with Crippen molar-refractivity contribution >= 4 is 17.4 Å². The number of hydrogen-bond acceptors (Lipinski definition) is 4. The number of nitrogens with two attached hydrogens (primary N) is 2. The number of hydrazone groups is 1. The van der Waals surface area contributed by atoms with Gasteiger partial charge in [-0.3, -0.25) is 4.98 Å². The largest absolute Gasteiger partial charge is 0.496 e. The molecule has 1 heterocycles. The molecule has 27 heavy (non-hydrogen) atoms. The standard InChI is InChI=1S/C20H18ClFN4O/c1-27-17-8-6-14(9-12-5-7-16(25-11-12)20(23)26-24)19(22)18(17)13-3-2-4-15(21)10-13/h2-8,10-11H,9,24H2,1H3,(H2,23,26). The summed E-state index contributed by atoms with van der Waals surface area (Å²) in [6.45, 7) is 0. The number of methoxy groups -OCH3 is 1. The van der Waals surface area contributed by atoms with Gasteiger partial charge in [-0.05, 0) is 41.0 Å². The predicted octanol–water partition coefficient (Wildman–Crippen LogP) is 3.72. The van der Waals surface area contributed by atoms with E-state index in [1.54, 1.807) is 48.7 Å². The molecule has 0 amide bonds. The molecule has 0 bridgehead atoms. The second-order valence-electron chi connectivity index (χ2n) is 5.87. The van der Waals surface area contributed by atoms with Crippen LogP contribution in [-0.4, -0.2) is 17.9 Å². The summed E-state index contributed by atoms with van der Waals surface area (Å²) in [6.07, 6.45) is 1.98. The molecule has 0 saturated heterocycles. The van der Waals surface area contributed by atoms with Crippen LogP contribution in [0.25, 0.3) is 11.1 Å². The van der Waals surface area contributed by atoms with E-state index >= 15 is 4.39 Å². The average molecular weight is 385 g/mol. The van der Waals surface area contributed by atoms with Crippen LogP contribution in [0.1, 0.15) is 16.8 Å². The SMILES string of the molecule is COc1ccc(Cc2ccc(/C(N)=N/N)nc2)c(F)c1-c1cccc(Cl)c1. The van der Waals surface area contributed by atoms with Crippen molar-refractivity contribution in [2.45, 2.75) is 6.42 Å². The smallest absolute Gasteiger partial charge is 0.168 e. The Balaban J connectivity index is 1.99. The quantitative estimate of drug-likeness (QED) is 0.304. The fourth-order valence-corrected chi connectivity index (χ4v) is 2.98. The first-order valence-electron chi connectivity index (χ1n) is 8.13. The van der Waals surface area contributed by atoms with E-state index in [2.05, 4.69) is 10.1 Å². The summed E-state index contributed by atoms with van der Waals surface area (Å²) >= 11 is 6.06. The molecule has 0 unspecified atom stereocenters. The number of hydrogen-bond donors (Lipinski definition) is 2. The highest BCUT2D eigenvalue weighted by Crippen LogP contribution is 2.36. The molecule has 0 radical (unpaired) electrons. The zero-order valence-corrected chi connectivity index (χ0v) is 15.4. The third kappa shape index (κ3) is 4.01. The number of aromatic nitrogens is 1. The van der Waals surface area contributed by atoms with Crippen LogP contribution in [0.5, 0.6) is 5.75 Å². The molecule has 5 nitrogen and oxygen atoms in total. The van der Waals surface area contributed by atoms with Crippen molar-refractivity contribution in [1.29, 1.82) is 0 Å². The van der Waals surface area contributed by atoms with Crippen molar-refractivity contribution in [3.05, 3.63) is 82.4 Å². The number of pyridine rings is 1. The lowest BCUT2D eigenvalue weighted by molar-refractivity contribution is 0.413. The Morgan fingerprint density at radius 1 is 1.22 bits per heavy atom. The van der Waals surface area contributed by atoms with Crippen molar-refractivity contribution < 1.29 is 9.13 Å². The van der Waals surface area contributed by atoms with Crippen LogP contribution >= 0.6 is 11.6 Å². The lowest BCUT2D eigenvalue weighted by Crippen LogP contribution is -2.17. The first-order valence-corrected chi connectivity index (χ1v) is 8.51. The van der Waals surface area contributed by atoms with Crippen LogP contribution in [0.3, 0.4) is 0 Å². The Bertz CT molecular complexity index is 990. The molecule has 0 saturated carbocycles. The lowest BCUT2D eigenvalue weighted by Gasteiger charge is -2.14. The van der Waals surface area contributed by atoms with Crippen LogP contribution in [0.2, 0.25) is 5.02 Å². The Hall–Kier alpha value is -3.12. The molecular formula is C20H18ClFN4O. The normalized spacial score (nSPS) is 11.4. The molecule has 0 atom stereocenters. The minimum Gasteiger partial charge on any atom is -0.496 e. The van der Waals surface area contributed by atoms with Gasteiger partial charge in [0.25, 0.3) is 0 Å². The van der Waals surface area contributed by atoms with Gasteiger partial charge in [0.15, 0.2) is 5.84 Å². The molecule has 7 heteroatoms. The maximum Gasteiger partial charge on any atom is 0.168 e. The zero-order valence-electron chi connectivity index (χ0n) is 14.6. The molecular weight excluding hydrogens is 367 g/mol. The monoisotopic (exact) mass is 384 g/mol. The molecule has 2 aromatic carbocycles. The van der Waals surface area contributed by atoms with E-state index in [1.807, 2.05) is 6.07 Å². The van der Waals surface area contributed by atoms with Crippen molar-refractivity contribution in [3.63, 3.8) is 0 Å². The minimum atomic E-state index is -0.358. The van der Waals surface area contributed by atoms with Gasteiger partial charge < -0.3 is 16.3 Å². The highest BCUT2D eigenvalue weighted by atomic mass is 35.5. The predicted molar refractivity (Wildman–Crippen MR) is 105 cm³/mol. The van der Waals surface area contributed by atoms with Crippen LogP contribution in [0.4, 0.5) is 4.39 Å². The zero-order chi connectivity index (χ0) is 19.4. The van der Waals surface area contributed by atoms with E-state index in [0.29, 0.717) is 39.6 Å². The topological polar surface area (TPSA) is 86.5 Å². The molecule has 0 aliphatic heterocycles. The molecule has 0 spiro atoms. The molecule has 138 valence electrons. The summed E-state index contributed by atoms with van der Waals surface area (Å²) in [7, 11) is 1.51. The number of benzene rings is 2. The van der Waals surface area contributed by atoms with Gasteiger partial charge in [-0.15, -0.1) is 0 Å². The summed E-state index contributed by atoms with van der Waals surface area (Å²) in [4.78, 5) is 4.20. The molecule has 4 N–H and O–H groups in total. The number of ether oxygens (including phenoxy) is 1. The minimum absolute atomic E-state index is 0.139. The molecule has 3 aromatic rings. The van der Waals surface area contributed by atoms with E-state index < -0.39 is 0 Å². The first-order chi connectivity index (χ1) is 13.0. The fourth-order valence-electron chi connectivity index (χ4n) is 2.79. The van der Waals surface area contributed by atoms with Crippen LogP contribution in [0, 0.1) is 5.82 Å². The Kier molecular flexibility index (Phi) is 5.57. The average Bonchev–Trinajstić information content (AvgIpc) is 2.69. The Morgan fingerprint density at radius 3 is 2.67 bits per heavy atom. The van der Waals surface area contributed by atoms with Crippen molar-refractivity contribution in [3.8, 4) is 16.9 Å². The number of halogens is 2. The molecule has 0 aliphatic rings. The second kappa shape index (κ2) is 8.05. The summed E-state index contributed by atoms with van der Waals surface area (Å²) in [5.74, 6) is 5.37. The number of nitrogens with zero attached hydrogens (tertiary/aromatic N) is 2. The molecule has 3 rings (SSSR count). The maximum atomic E-state index is 15.3. The highest BCUT2D eigenvalue weighted by molar-refractivity contribution is 6.30. The van der Waals surface area contributed by atoms with E-state index in [9.17, 15) is 0 Å². The van der Waals surface area contributed by atoms with Crippen LogP contribution < -0.4 is 16.3 Å². The van der Waals surface area contributed by atoms with E-state index in [-0.39, 0.29) is 11.7 Å². The molecule has 0 aliphatic carbocycles. The van der Waals surface area contributed by atoms with Gasteiger partial charge in [0, 0.05) is 17.6 Å². The third-order valence-electron chi connectivity index (χ3n) is 4.14. The van der Waals surface area contributed by atoms with Gasteiger partial charge in [-0.25, -0.2) is 4.39 Å². The van der Waals surface area contributed by atoms with Crippen molar-refractivity contribution in [1.82, 2.24) is 4.98 Å². The van der Waals surface area contributed by atoms with Gasteiger partial charge >= 0.3 is 0 Å². The van der Waals surface area contributed by atoms with Crippen LogP contribution in [0.15, 0.2) is 59.8 Å². The molecule has 0 fully saturated rings. The van der Waals surface area contributed by atoms with Crippen molar-refractivity contribution in [2.75, 3.05) is 7.11 Å². The van der Waals surface area contributed by atoms with Crippen LogP contribution in [-0.2, 0) is 6.42 Å². The summed E-state index contributed by atoms with van der Waals surface area (Å²) in [5, 5.41) is 3.93. The van der Waals surface area contributed by atoms with Gasteiger partial charge in [-0.2, -0.15) is 5.10 Å². The van der Waals surface area contributed by atoms with Gasteiger partial charge in [0.05, 0.1) is 12.7 Å². The van der Waals surface area contributed by atoms with E-state index in [4.69, 9.17) is 27.9 Å². The van der Waals surface area contributed by atoms with E-state index in [1.165, 1.54) is 7.11 Å². The van der Waals surface area contributed by atoms with Crippen molar-refractivity contribution in [2.24, 2.45) is 16.7 Å². The Morgan fingerprint density at radius 2 is 2.04 bits per heavy atom. The van der Waals surface area contributed by atoms with E-state index in [0.717, 1.165) is 5.56 Å². The van der Waals surface area contributed by atoms with Gasteiger partial charge in [-0.1, -0.05) is 35.9 Å². The highest BCUT2D eigenvalue weighted by Gasteiger charge is 2.17. The Labute approximate surface area is 161 Å². The van der Waals surface area contributed by atoms with Gasteiger partial charge in [0.1, 0.15) is 17.3 Å². The fraction of sp³-hybridized carbons (Fsp3) is 0.100.